The number of benzene rings is 2. The van der Waals surface area contributed by atoms with E-state index >= 15 is 0 Å². The highest BCUT2D eigenvalue weighted by atomic mass is 19.1. The van der Waals surface area contributed by atoms with Gasteiger partial charge in [0.1, 0.15) is 12.4 Å². The summed E-state index contributed by atoms with van der Waals surface area (Å²) in [5.41, 5.74) is 0.813. The first kappa shape index (κ1) is 18.1. The summed E-state index contributed by atoms with van der Waals surface area (Å²) in [6.45, 7) is 0.709. The number of hydrogen-bond acceptors (Lipinski definition) is 3. The SMILES string of the molecule is COc1ccccc1OCC#CCNC(=O)NCc1ccc(F)cc1. The van der Waals surface area contributed by atoms with Crippen molar-refractivity contribution in [2.24, 2.45) is 0 Å². The van der Waals surface area contributed by atoms with Crippen LogP contribution < -0.4 is 20.1 Å². The molecular weight excluding hydrogens is 323 g/mol. The topological polar surface area (TPSA) is 59.6 Å². The first-order chi connectivity index (χ1) is 12.2. The molecule has 130 valence electrons. The number of carbonyl (C=O) groups is 1. The largest absolute Gasteiger partial charge is 0.493 e. The molecule has 0 heterocycles. The molecule has 2 amide bonds. The Morgan fingerprint density at radius 3 is 2.48 bits per heavy atom. The molecule has 0 radical (unpaired) electrons. The Labute approximate surface area is 146 Å². The third-order valence-corrected chi connectivity index (χ3v) is 3.20. The molecule has 0 unspecified atom stereocenters. The van der Waals surface area contributed by atoms with E-state index < -0.39 is 0 Å². The molecule has 0 fully saturated rings. The predicted octanol–water partition coefficient (Wildman–Crippen LogP) is 2.72. The third kappa shape index (κ3) is 6.43. The molecule has 0 bridgehead atoms. The van der Waals surface area contributed by atoms with Gasteiger partial charge in [-0.15, -0.1) is 0 Å². The normalized spacial score (nSPS) is 9.52. The predicted molar refractivity (Wildman–Crippen MR) is 92.9 cm³/mol. The maximum atomic E-state index is 12.8. The molecule has 0 aliphatic rings. The molecule has 2 rings (SSSR count). The highest BCUT2D eigenvalue weighted by Gasteiger charge is 2.01. The summed E-state index contributed by atoms with van der Waals surface area (Å²) in [6, 6.07) is 12.9. The molecule has 0 aromatic heterocycles. The van der Waals surface area contributed by atoms with Crippen LogP contribution >= 0.6 is 0 Å². The maximum Gasteiger partial charge on any atom is 0.315 e. The van der Waals surface area contributed by atoms with Crippen LogP contribution in [-0.4, -0.2) is 26.3 Å². The monoisotopic (exact) mass is 342 g/mol. The quantitative estimate of drug-likeness (QED) is 0.794. The molecule has 0 spiro atoms. The summed E-state index contributed by atoms with van der Waals surface area (Å²) < 4.78 is 23.4. The molecule has 6 heteroatoms. The fraction of sp³-hybridized carbons (Fsp3) is 0.211. The highest BCUT2D eigenvalue weighted by Crippen LogP contribution is 2.25. The smallest absolute Gasteiger partial charge is 0.315 e. The summed E-state index contributed by atoms with van der Waals surface area (Å²) in [4.78, 5) is 11.6. The van der Waals surface area contributed by atoms with Gasteiger partial charge >= 0.3 is 6.03 Å². The van der Waals surface area contributed by atoms with Crippen molar-refractivity contribution in [3.05, 3.63) is 59.9 Å². The highest BCUT2D eigenvalue weighted by molar-refractivity contribution is 5.74. The van der Waals surface area contributed by atoms with Crippen molar-refractivity contribution in [2.75, 3.05) is 20.3 Å². The second-order valence-corrected chi connectivity index (χ2v) is 4.96. The van der Waals surface area contributed by atoms with Crippen LogP contribution in [0.25, 0.3) is 0 Å². The average molecular weight is 342 g/mol. The molecular formula is C19H19FN2O3. The Hall–Kier alpha value is -3.20. The molecule has 2 aromatic carbocycles. The van der Waals surface area contributed by atoms with Gasteiger partial charge in [-0.2, -0.15) is 0 Å². The summed E-state index contributed by atoms with van der Waals surface area (Å²) >= 11 is 0. The number of para-hydroxylation sites is 2. The number of methoxy groups -OCH3 is 1. The summed E-state index contributed by atoms with van der Waals surface area (Å²) in [5.74, 6) is 6.55. The average Bonchev–Trinajstić information content (AvgIpc) is 2.64. The molecule has 0 aliphatic heterocycles. The first-order valence-electron chi connectivity index (χ1n) is 7.66. The van der Waals surface area contributed by atoms with E-state index in [1.165, 1.54) is 12.1 Å². The number of rotatable bonds is 6. The van der Waals surface area contributed by atoms with Crippen molar-refractivity contribution < 1.29 is 18.7 Å². The standard InChI is InChI=1S/C19H19FN2O3/c1-24-17-6-2-3-7-18(17)25-13-5-4-12-21-19(23)22-14-15-8-10-16(20)11-9-15/h2-3,6-11H,12-14H2,1H3,(H2,21,22,23). The van der Waals surface area contributed by atoms with Crippen LogP contribution in [0.2, 0.25) is 0 Å². The van der Waals surface area contributed by atoms with Gasteiger partial charge in [0.15, 0.2) is 11.5 Å². The fourth-order valence-corrected chi connectivity index (χ4v) is 1.94. The zero-order chi connectivity index (χ0) is 17.9. The summed E-state index contributed by atoms with van der Waals surface area (Å²) in [5, 5.41) is 5.27. The molecule has 0 atom stereocenters. The number of nitrogens with one attached hydrogen (secondary N) is 2. The van der Waals surface area contributed by atoms with Crippen LogP contribution in [-0.2, 0) is 6.54 Å². The van der Waals surface area contributed by atoms with Gasteiger partial charge in [0.05, 0.1) is 13.7 Å². The van der Waals surface area contributed by atoms with E-state index in [9.17, 15) is 9.18 Å². The summed E-state index contributed by atoms with van der Waals surface area (Å²) in [7, 11) is 1.57. The number of hydrogen-bond donors (Lipinski definition) is 2. The summed E-state index contributed by atoms with van der Waals surface area (Å²) in [6.07, 6.45) is 0. The molecule has 0 saturated carbocycles. The second-order valence-electron chi connectivity index (χ2n) is 4.96. The van der Waals surface area contributed by atoms with Crippen molar-refractivity contribution in [1.82, 2.24) is 10.6 Å². The van der Waals surface area contributed by atoms with E-state index in [2.05, 4.69) is 22.5 Å². The Balaban J connectivity index is 1.64. The van der Waals surface area contributed by atoms with Crippen LogP contribution in [0.15, 0.2) is 48.5 Å². The van der Waals surface area contributed by atoms with Gasteiger partial charge in [0.25, 0.3) is 0 Å². The zero-order valence-electron chi connectivity index (χ0n) is 13.8. The molecule has 0 aliphatic carbocycles. The lowest BCUT2D eigenvalue weighted by Crippen LogP contribution is -2.35. The van der Waals surface area contributed by atoms with Gasteiger partial charge in [-0.25, -0.2) is 9.18 Å². The van der Waals surface area contributed by atoms with Gasteiger partial charge in [0, 0.05) is 6.54 Å². The van der Waals surface area contributed by atoms with E-state index in [0.29, 0.717) is 18.0 Å². The Morgan fingerprint density at radius 1 is 1.04 bits per heavy atom. The third-order valence-electron chi connectivity index (χ3n) is 3.20. The molecule has 2 aromatic rings. The van der Waals surface area contributed by atoms with E-state index in [-0.39, 0.29) is 25.0 Å². The Morgan fingerprint density at radius 2 is 1.76 bits per heavy atom. The number of halogens is 1. The molecule has 25 heavy (non-hydrogen) atoms. The lowest BCUT2D eigenvalue weighted by Gasteiger charge is -2.07. The minimum atomic E-state index is -0.343. The van der Waals surface area contributed by atoms with Crippen LogP contribution in [0.4, 0.5) is 9.18 Å². The second kappa shape index (κ2) is 9.83. The number of carbonyl (C=O) groups excluding carboxylic acids is 1. The van der Waals surface area contributed by atoms with Gasteiger partial charge in [-0.3, -0.25) is 0 Å². The van der Waals surface area contributed by atoms with Gasteiger partial charge in [-0.05, 0) is 29.8 Å². The van der Waals surface area contributed by atoms with Crippen LogP contribution in [0.3, 0.4) is 0 Å². The first-order valence-corrected chi connectivity index (χ1v) is 7.66. The van der Waals surface area contributed by atoms with Crippen molar-refractivity contribution >= 4 is 6.03 Å². The number of urea groups is 1. The fourth-order valence-electron chi connectivity index (χ4n) is 1.94. The van der Waals surface area contributed by atoms with Crippen molar-refractivity contribution in [3.63, 3.8) is 0 Å². The van der Waals surface area contributed by atoms with E-state index in [0.717, 1.165) is 5.56 Å². The van der Waals surface area contributed by atoms with Crippen LogP contribution in [0.1, 0.15) is 5.56 Å². The Bertz CT molecular complexity index is 751. The maximum absolute atomic E-state index is 12.8. The van der Waals surface area contributed by atoms with Crippen molar-refractivity contribution in [2.45, 2.75) is 6.54 Å². The number of amides is 2. The molecule has 5 nitrogen and oxygen atoms in total. The zero-order valence-corrected chi connectivity index (χ0v) is 13.8. The van der Waals surface area contributed by atoms with Crippen molar-refractivity contribution in [1.29, 1.82) is 0 Å². The lowest BCUT2D eigenvalue weighted by molar-refractivity contribution is 0.241. The minimum Gasteiger partial charge on any atom is -0.493 e. The van der Waals surface area contributed by atoms with Crippen molar-refractivity contribution in [3.8, 4) is 23.3 Å². The van der Waals surface area contributed by atoms with Gasteiger partial charge in [-0.1, -0.05) is 36.1 Å². The Kier molecular flexibility index (Phi) is 7.13. The van der Waals surface area contributed by atoms with E-state index in [1.54, 1.807) is 31.4 Å². The van der Waals surface area contributed by atoms with E-state index in [1.807, 2.05) is 12.1 Å². The number of ether oxygens (including phenoxy) is 2. The minimum absolute atomic E-state index is 0.194. The van der Waals surface area contributed by atoms with E-state index in [4.69, 9.17) is 9.47 Å². The van der Waals surface area contributed by atoms with Gasteiger partial charge in [0.2, 0.25) is 0 Å². The molecule has 2 N–H and O–H groups in total. The van der Waals surface area contributed by atoms with Gasteiger partial charge < -0.3 is 20.1 Å². The van der Waals surface area contributed by atoms with Crippen LogP contribution in [0.5, 0.6) is 11.5 Å². The van der Waals surface area contributed by atoms with Crippen LogP contribution in [0, 0.1) is 17.7 Å². The lowest BCUT2D eigenvalue weighted by atomic mass is 10.2. The molecule has 0 saturated heterocycles.